The Morgan fingerprint density at radius 1 is 1.33 bits per heavy atom. The molecule has 108 valence electrons. The van der Waals surface area contributed by atoms with Crippen LogP contribution in [0, 0.1) is 0 Å². The van der Waals surface area contributed by atoms with Crippen molar-refractivity contribution < 1.29 is 4.79 Å². The van der Waals surface area contributed by atoms with Crippen molar-refractivity contribution in [3.63, 3.8) is 0 Å². The topological polar surface area (TPSA) is 64.2 Å². The zero-order valence-corrected chi connectivity index (χ0v) is 12.0. The number of carbonyl (C=O) groups excluding carboxylic acids is 1. The minimum absolute atomic E-state index is 0.141. The van der Waals surface area contributed by atoms with E-state index in [1.165, 1.54) is 0 Å². The second kappa shape index (κ2) is 5.40. The molecule has 0 fully saturated rings. The lowest BCUT2D eigenvalue weighted by atomic mass is 10.3. The second-order valence-electron chi connectivity index (χ2n) is 5.14. The predicted octanol–water partition coefficient (Wildman–Crippen LogP) is 2.04. The van der Waals surface area contributed by atoms with Gasteiger partial charge in [-0.2, -0.15) is 5.10 Å². The zero-order valence-electron chi connectivity index (χ0n) is 12.0. The average molecular weight is 283 g/mol. The Balaban J connectivity index is 1.72. The van der Waals surface area contributed by atoms with Crippen LogP contribution in [-0.4, -0.2) is 25.1 Å². The Kier molecular flexibility index (Phi) is 3.43. The van der Waals surface area contributed by atoms with Crippen molar-refractivity contribution in [3.05, 3.63) is 54.2 Å². The molecule has 0 saturated carbocycles. The van der Waals surface area contributed by atoms with Gasteiger partial charge in [0.25, 0.3) is 5.91 Å². The van der Waals surface area contributed by atoms with Gasteiger partial charge in [0.2, 0.25) is 0 Å². The van der Waals surface area contributed by atoms with Crippen LogP contribution in [0.4, 0.5) is 0 Å². The summed E-state index contributed by atoms with van der Waals surface area (Å²) >= 11 is 0. The fourth-order valence-corrected chi connectivity index (χ4v) is 2.24. The number of nitrogens with one attached hydrogen (secondary N) is 1. The van der Waals surface area contributed by atoms with Crippen molar-refractivity contribution in [1.82, 2.24) is 24.5 Å². The highest BCUT2D eigenvalue weighted by Gasteiger charge is 2.14. The van der Waals surface area contributed by atoms with Crippen molar-refractivity contribution in [2.75, 3.05) is 0 Å². The predicted molar refractivity (Wildman–Crippen MR) is 79.0 cm³/mol. The maximum Gasteiger partial charge on any atom is 0.269 e. The number of fused-ring (bicyclic) bond motifs is 1. The summed E-state index contributed by atoms with van der Waals surface area (Å²) in [4.78, 5) is 16.7. The Morgan fingerprint density at radius 3 is 2.95 bits per heavy atom. The van der Waals surface area contributed by atoms with Crippen molar-refractivity contribution in [3.8, 4) is 0 Å². The van der Waals surface area contributed by atoms with Crippen LogP contribution in [0.5, 0.6) is 0 Å². The van der Waals surface area contributed by atoms with E-state index in [0.717, 1.165) is 11.3 Å². The highest BCUT2D eigenvalue weighted by atomic mass is 16.2. The first-order valence-electron chi connectivity index (χ1n) is 6.89. The molecule has 1 amide bonds. The van der Waals surface area contributed by atoms with E-state index >= 15 is 0 Å². The van der Waals surface area contributed by atoms with Crippen LogP contribution >= 0.6 is 0 Å². The van der Waals surface area contributed by atoms with E-state index in [2.05, 4.69) is 15.4 Å². The van der Waals surface area contributed by atoms with E-state index in [1.807, 2.05) is 48.8 Å². The smallest absolute Gasteiger partial charge is 0.269 e. The molecule has 6 nitrogen and oxygen atoms in total. The van der Waals surface area contributed by atoms with Crippen LogP contribution in [0.25, 0.3) is 5.65 Å². The summed E-state index contributed by atoms with van der Waals surface area (Å²) in [5, 5.41) is 7.04. The number of imidazole rings is 1. The molecule has 0 atom stereocenters. The minimum atomic E-state index is -0.141. The molecule has 0 aliphatic rings. The molecule has 0 aliphatic heterocycles. The van der Waals surface area contributed by atoms with Gasteiger partial charge in [-0.15, -0.1) is 0 Å². The van der Waals surface area contributed by atoms with Gasteiger partial charge in [0.1, 0.15) is 11.3 Å². The molecule has 0 spiro atoms. The van der Waals surface area contributed by atoms with Gasteiger partial charge in [-0.3, -0.25) is 9.48 Å². The third-order valence-corrected chi connectivity index (χ3v) is 3.24. The highest BCUT2D eigenvalue weighted by Crippen LogP contribution is 2.08. The Morgan fingerprint density at radius 2 is 2.19 bits per heavy atom. The fourth-order valence-electron chi connectivity index (χ4n) is 2.24. The number of amides is 1. The number of hydrogen-bond donors (Lipinski definition) is 1. The molecule has 3 aromatic heterocycles. The molecule has 0 bridgehead atoms. The summed E-state index contributed by atoms with van der Waals surface area (Å²) in [5.74, 6) is -0.141. The molecule has 21 heavy (non-hydrogen) atoms. The Hall–Kier alpha value is -2.63. The normalized spacial score (nSPS) is 11.2. The number of hydrogen-bond acceptors (Lipinski definition) is 3. The number of carbonyl (C=O) groups is 1. The standard InChI is InChI=1S/C15H17N5O/c1-11(2)20-13(6-7-17-20)15(21)16-9-12-10-19-8-4-3-5-14(19)18-12/h3-8,10-11H,9H2,1-2H3,(H,16,21). The molecular formula is C15H17N5O. The quantitative estimate of drug-likeness (QED) is 0.797. The third kappa shape index (κ3) is 2.65. The third-order valence-electron chi connectivity index (χ3n) is 3.24. The number of aromatic nitrogens is 4. The first kappa shape index (κ1) is 13.4. The van der Waals surface area contributed by atoms with E-state index in [4.69, 9.17) is 0 Å². The van der Waals surface area contributed by atoms with Gasteiger partial charge in [-0.05, 0) is 32.0 Å². The Labute approximate surface area is 122 Å². The molecule has 3 aromatic rings. The van der Waals surface area contributed by atoms with Crippen molar-refractivity contribution in [1.29, 1.82) is 0 Å². The molecule has 0 radical (unpaired) electrons. The van der Waals surface area contributed by atoms with Crippen LogP contribution in [0.3, 0.4) is 0 Å². The number of nitrogens with zero attached hydrogens (tertiary/aromatic N) is 4. The van der Waals surface area contributed by atoms with Gasteiger partial charge in [-0.25, -0.2) is 4.98 Å². The van der Waals surface area contributed by atoms with Crippen molar-refractivity contribution >= 4 is 11.6 Å². The highest BCUT2D eigenvalue weighted by molar-refractivity contribution is 5.92. The van der Waals surface area contributed by atoms with Crippen LogP contribution in [0.2, 0.25) is 0 Å². The van der Waals surface area contributed by atoms with Gasteiger partial charge in [0, 0.05) is 24.6 Å². The van der Waals surface area contributed by atoms with Gasteiger partial charge in [-0.1, -0.05) is 6.07 Å². The molecule has 0 saturated heterocycles. The van der Waals surface area contributed by atoms with Gasteiger partial charge >= 0.3 is 0 Å². The second-order valence-corrected chi connectivity index (χ2v) is 5.14. The van der Waals surface area contributed by atoms with E-state index in [-0.39, 0.29) is 11.9 Å². The number of rotatable bonds is 4. The monoisotopic (exact) mass is 283 g/mol. The lowest BCUT2D eigenvalue weighted by Gasteiger charge is -2.10. The minimum Gasteiger partial charge on any atom is -0.345 e. The lowest BCUT2D eigenvalue weighted by Crippen LogP contribution is -2.26. The summed E-state index contributed by atoms with van der Waals surface area (Å²) < 4.78 is 3.64. The summed E-state index contributed by atoms with van der Waals surface area (Å²) in [7, 11) is 0. The van der Waals surface area contributed by atoms with E-state index in [0.29, 0.717) is 12.2 Å². The van der Waals surface area contributed by atoms with Gasteiger partial charge in [0.15, 0.2) is 0 Å². The average Bonchev–Trinajstić information content (AvgIpc) is 3.10. The van der Waals surface area contributed by atoms with Gasteiger partial charge < -0.3 is 9.72 Å². The lowest BCUT2D eigenvalue weighted by molar-refractivity contribution is 0.0938. The molecule has 0 aromatic carbocycles. The SMILES string of the molecule is CC(C)n1nccc1C(=O)NCc1cn2ccccc2n1. The zero-order chi connectivity index (χ0) is 14.8. The Bertz CT molecular complexity index is 738. The first-order valence-corrected chi connectivity index (χ1v) is 6.89. The molecule has 3 rings (SSSR count). The van der Waals surface area contributed by atoms with E-state index in [1.54, 1.807) is 16.9 Å². The molecule has 3 heterocycles. The van der Waals surface area contributed by atoms with Crippen molar-refractivity contribution in [2.24, 2.45) is 0 Å². The first-order chi connectivity index (χ1) is 10.1. The summed E-state index contributed by atoms with van der Waals surface area (Å²) in [6.07, 6.45) is 5.48. The number of pyridine rings is 1. The largest absolute Gasteiger partial charge is 0.345 e. The van der Waals surface area contributed by atoms with Gasteiger partial charge in [0.05, 0.1) is 12.2 Å². The maximum absolute atomic E-state index is 12.2. The molecule has 0 aliphatic carbocycles. The molecule has 1 N–H and O–H groups in total. The van der Waals surface area contributed by atoms with E-state index in [9.17, 15) is 4.79 Å². The van der Waals surface area contributed by atoms with Crippen LogP contribution in [-0.2, 0) is 6.54 Å². The summed E-state index contributed by atoms with van der Waals surface area (Å²) in [5.41, 5.74) is 2.26. The maximum atomic E-state index is 12.2. The molecular weight excluding hydrogens is 266 g/mol. The van der Waals surface area contributed by atoms with Crippen LogP contribution in [0.1, 0.15) is 36.1 Å². The van der Waals surface area contributed by atoms with Crippen LogP contribution in [0.15, 0.2) is 42.9 Å². The fraction of sp³-hybridized carbons (Fsp3) is 0.267. The molecule has 0 unspecified atom stereocenters. The molecule has 6 heteroatoms. The summed E-state index contributed by atoms with van der Waals surface area (Å²) in [6.45, 7) is 4.38. The van der Waals surface area contributed by atoms with E-state index < -0.39 is 0 Å². The van der Waals surface area contributed by atoms with Crippen molar-refractivity contribution in [2.45, 2.75) is 26.4 Å². The van der Waals surface area contributed by atoms with Crippen LogP contribution < -0.4 is 5.32 Å². The summed E-state index contributed by atoms with van der Waals surface area (Å²) in [6, 6.07) is 7.68.